The summed E-state index contributed by atoms with van der Waals surface area (Å²) in [5, 5.41) is 2.85. The molecule has 8 nitrogen and oxygen atoms in total. The van der Waals surface area contributed by atoms with Gasteiger partial charge in [0.1, 0.15) is 12.1 Å². The standard InChI is InChI=1S/C22H27N3O5S/c26-19(25(16-6-2-3-7-16)17-10-12-31(29,30)14-17)13-24-20(27)22(23-21(24)28)11-9-15-5-1-4-8-18(15)22/h1,4-5,8,16-17H,2-3,6-7,9-14H2,(H,23,28)/t17-,22+/m0/s1. The molecule has 1 aromatic carbocycles. The smallest absolute Gasteiger partial charge is 0.325 e. The van der Waals surface area contributed by atoms with Crippen molar-refractivity contribution in [3.63, 3.8) is 0 Å². The third-order valence-corrected chi connectivity index (χ3v) is 9.07. The van der Waals surface area contributed by atoms with Crippen LogP contribution in [0.25, 0.3) is 0 Å². The Balaban J connectivity index is 1.39. The summed E-state index contributed by atoms with van der Waals surface area (Å²) in [6, 6.07) is 6.63. The second-order valence-corrected chi connectivity index (χ2v) is 11.4. The number of aryl methyl sites for hydroxylation is 1. The van der Waals surface area contributed by atoms with E-state index < -0.39 is 21.4 Å². The van der Waals surface area contributed by atoms with Crippen LogP contribution in [0.4, 0.5) is 4.79 Å². The van der Waals surface area contributed by atoms with Crippen molar-refractivity contribution in [2.75, 3.05) is 18.1 Å². The van der Waals surface area contributed by atoms with Crippen molar-refractivity contribution in [1.82, 2.24) is 15.1 Å². The Morgan fingerprint density at radius 1 is 1.13 bits per heavy atom. The van der Waals surface area contributed by atoms with Gasteiger partial charge in [-0.15, -0.1) is 0 Å². The van der Waals surface area contributed by atoms with E-state index in [9.17, 15) is 22.8 Å². The van der Waals surface area contributed by atoms with Crippen LogP contribution in [-0.2, 0) is 31.4 Å². The van der Waals surface area contributed by atoms with Crippen molar-refractivity contribution in [2.45, 2.75) is 62.6 Å². The van der Waals surface area contributed by atoms with Gasteiger partial charge in [0.15, 0.2) is 9.84 Å². The molecule has 5 rings (SSSR count). The number of hydrogen-bond acceptors (Lipinski definition) is 5. The zero-order valence-electron chi connectivity index (χ0n) is 17.4. The maximum atomic E-state index is 13.4. The van der Waals surface area contributed by atoms with Crippen LogP contribution in [0.2, 0.25) is 0 Å². The molecule has 9 heteroatoms. The monoisotopic (exact) mass is 445 g/mol. The Hall–Kier alpha value is -2.42. The third-order valence-electron chi connectivity index (χ3n) is 7.32. The lowest BCUT2D eigenvalue weighted by atomic mass is 9.92. The van der Waals surface area contributed by atoms with Gasteiger partial charge in [0.05, 0.1) is 11.5 Å². The minimum absolute atomic E-state index is 0.0206. The number of hydrogen-bond donors (Lipinski definition) is 1. The van der Waals surface area contributed by atoms with E-state index in [1.807, 2.05) is 24.3 Å². The molecule has 2 atom stereocenters. The van der Waals surface area contributed by atoms with Gasteiger partial charge in [0, 0.05) is 12.1 Å². The molecule has 0 aromatic heterocycles. The van der Waals surface area contributed by atoms with E-state index in [2.05, 4.69) is 5.32 Å². The van der Waals surface area contributed by atoms with E-state index in [1.54, 1.807) is 4.90 Å². The molecule has 2 aliphatic heterocycles. The Morgan fingerprint density at radius 2 is 1.87 bits per heavy atom. The van der Waals surface area contributed by atoms with Crippen LogP contribution in [0.15, 0.2) is 24.3 Å². The van der Waals surface area contributed by atoms with Gasteiger partial charge in [-0.05, 0) is 43.2 Å². The van der Waals surface area contributed by atoms with Crippen LogP contribution >= 0.6 is 0 Å². The maximum absolute atomic E-state index is 13.4. The number of imide groups is 1. The summed E-state index contributed by atoms with van der Waals surface area (Å²) in [6.45, 7) is -0.346. The van der Waals surface area contributed by atoms with Gasteiger partial charge in [-0.1, -0.05) is 37.1 Å². The van der Waals surface area contributed by atoms with Gasteiger partial charge in [-0.3, -0.25) is 14.5 Å². The summed E-state index contributed by atoms with van der Waals surface area (Å²) in [5.41, 5.74) is 0.744. The molecular weight excluding hydrogens is 418 g/mol. The van der Waals surface area contributed by atoms with Gasteiger partial charge < -0.3 is 10.2 Å². The molecule has 0 unspecified atom stereocenters. The van der Waals surface area contributed by atoms with E-state index in [-0.39, 0.29) is 41.9 Å². The van der Waals surface area contributed by atoms with Gasteiger partial charge in [0.25, 0.3) is 5.91 Å². The molecule has 1 spiro atoms. The highest BCUT2D eigenvalue weighted by Gasteiger charge is 2.56. The number of nitrogens with zero attached hydrogens (tertiary/aromatic N) is 2. The van der Waals surface area contributed by atoms with E-state index >= 15 is 0 Å². The summed E-state index contributed by atoms with van der Waals surface area (Å²) in [4.78, 5) is 42.3. The number of amides is 4. The van der Waals surface area contributed by atoms with Crippen LogP contribution in [0, 0.1) is 0 Å². The quantitative estimate of drug-likeness (QED) is 0.705. The summed E-state index contributed by atoms with van der Waals surface area (Å²) in [7, 11) is -3.16. The minimum Gasteiger partial charge on any atom is -0.334 e. The highest BCUT2D eigenvalue weighted by molar-refractivity contribution is 7.91. The van der Waals surface area contributed by atoms with Crippen LogP contribution in [-0.4, -0.2) is 66.2 Å². The number of urea groups is 1. The molecule has 0 bridgehead atoms. The number of rotatable bonds is 4. The first kappa shape index (κ1) is 20.5. The van der Waals surface area contributed by atoms with Gasteiger partial charge in [-0.25, -0.2) is 13.2 Å². The first-order valence-corrected chi connectivity index (χ1v) is 12.9. The third kappa shape index (κ3) is 3.33. The largest absolute Gasteiger partial charge is 0.334 e. The van der Waals surface area contributed by atoms with Gasteiger partial charge in [-0.2, -0.15) is 0 Å². The summed E-state index contributed by atoms with van der Waals surface area (Å²) in [6.07, 6.45) is 5.25. The Morgan fingerprint density at radius 3 is 2.58 bits per heavy atom. The van der Waals surface area contributed by atoms with Gasteiger partial charge in [0.2, 0.25) is 5.91 Å². The van der Waals surface area contributed by atoms with E-state index in [0.717, 1.165) is 41.7 Å². The first-order chi connectivity index (χ1) is 14.8. The Bertz CT molecular complexity index is 1050. The topological polar surface area (TPSA) is 104 Å². The predicted octanol–water partition coefficient (Wildman–Crippen LogP) is 1.34. The summed E-state index contributed by atoms with van der Waals surface area (Å²) in [5.74, 6) is -0.675. The van der Waals surface area contributed by atoms with Crippen molar-refractivity contribution in [2.24, 2.45) is 0 Å². The van der Waals surface area contributed by atoms with Crippen molar-refractivity contribution in [3.8, 4) is 0 Å². The zero-order chi connectivity index (χ0) is 21.8. The molecule has 0 radical (unpaired) electrons. The number of benzene rings is 1. The molecule has 166 valence electrons. The van der Waals surface area contributed by atoms with Crippen LogP contribution < -0.4 is 5.32 Å². The summed E-state index contributed by atoms with van der Waals surface area (Å²) >= 11 is 0. The van der Waals surface area contributed by atoms with Crippen molar-refractivity contribution < 1.29 is 22.8 Å². The SMILES string of the molecule is O=C1N[C@@]2(CCc3ccccc32)C(=O)N1CC(=O)N(C1CCCC1)[C@H]1CCS(=O)(=O)C1. The lowest BCUT2D eigenvalue weighted by molar-refractivity contribution is -0.141. The maximum Gasteiger partial charge on any atom is 0.325 e. The number of carbonyl (C=O) groups excluding carboxylic acids is 3. The highest BCUT2D eigenvalue weighted by atomic mass is 32.2. The first-order valence-electron chi connectivity index (χ1n) is 11.0. The molecule has 31 heavy (non-hydrogen) atoms. The number of sulfone groups is 1. The fourth-order valence-electron chi connectivity index (χ4n) is 5.83. The molecule has 4 aliphatic rings. The Labute approximate surface area is 181 Å². The molecule has 1 aromatic rings. The lowest BCUT2D eigenvalue weighted by Crippen LogP contribution is -2.52. The van der Waals surface area contributed by atoms with E-state index in [0.29, 0.717) is 19.3 Å². The van der Waals surface area contributed by atoms with Crippen LogP contribution in [0.3, 0.4) is 0 Å². The van der Waals surface area contributed by atoms with Crippen LogP contribution in [0.1, 0.15) is 49.7 Å². The van der Waals surface area contributed by atoms with Gasteiger partial charge >= 0.3 is 6.03 Å². The Kier molecular flexibility index (Phi) is 4.84. The van der Waals surface area contributed by atoms with Crippen molar-refractivity contribution in [1.29, 1.82) is 0 Å². The predicted molar refractivity (Wildman–Crippen MR) is 113 cm³/mol. The average molecular weight is 446 g/mol. The number of carbonyl (C=O) groups is 3. The highest BCUT2D eigenvalue weighted by Crippen LogP contribution is 2.41. The average Bonchev–Trinajstić information content (AvgIpc) is 3.50. The molecule has 3 fully saturated rings. The molecule has 1 saturated carbocycles. The fourth-order valence-corrected chi connectivity index (χ4v) is 7.54. The molecular formula is C22H27N3O5S. The second kappa shape index (κ2) is 7.32. The lowest BCUT2D eigenvalue weighted by Gasteiger charge is -2.35. The van der Waals surface area contributed by atoms with E-state index in [4.69, 9.17) is 0 Å². The number of nitrogens with one attached hydrogen (secondary N) is 1. The molecule has 2 heterocycles. The zero-order valence-corrected chi connectivity index (χ0v) is 18.2. The fraction of sp³-hybridized carbons (Fsp3) is 0.591. The van der Waals surface area contributed by atoms with Crippen LogP contribution in [0.5, 0.6) is 0 Å². The van der Waals surface area contributed by atoms with Crippen molar-refractivity contribution >= 4 is 27.7 Å². The summed E-state index contributed by atoms with van der Waals surface area (Å²) < 4.78 is 24.1. The van der Waals surface area contributed by atoms with E-state index in [1.165, 1.54) is 0 Å². The molecule has 4 amide bonds. The second-order valence-electron chi connectivity index (χ2n) is 9.18. The molecule has 1 N–H and O–H groups in total. The van der Waals surface area contributed by atoms with Crippen molar-refractivity contribution in [3.05, 3.63) is 35.4 Å². The minimum atomic E-state index is -3.16. The molecule has 2 saturated heterocycles. The molecule has 2 aliphatic carbocycles. The number of fused-ring (bicyclic) bond motifs is 2. The normalized spacial score (nSPS) is 29.5.